The first-order valence-corrected chi connectivity index (χ1v) is 10.2. The molecule has 1 saturated heterocycles. The molecule has 0 saturated carbocycles. The van der Waals surface area contributed by atoms with Crippen molar-refractivity contribution in [3.63, 3.8) is 0 Å². The molecule has 1 unspecified atom stereocenters. The van der Waals surface area contributed by atoms with Gasteiger partial charge in [-0.1, -0.05) is 23.7 Å². The minimum Gasteiger partial charge on any atom is -0.342 e. The molecule has 1 fully saturated rings. The third-order valence-electron chi connectivity index (χ3n) is 4.74. The summed E-state index contributed by atoms with van der Waals surface area (Å²) in [5.74, 6) is 1.91. The number of thioether (sulfide) groups is 1. The van der Waals surface area contributed by atoms with E-state index in [9.17, 15) is 4.79 Å². The van der Waals surface area contributed by atoms with Crippen LogP contribution in [0, 0.1) is 0 Å². The molecule has 1 aliphatic rings. The van der Waals surface area contributed by atoms with Crippen LogP contribution in [0.25, 0.3) is 11.0 Å². The Balaban J connectivity index is 1.39. The highest BCUT2D eigenvalue weighted by Crippen LogP contribution is 2.28. The average molecular weight is 386 g/mol. The number of aromatic nitrogens is 2. The van der Waals surface area contributed by atoms with Gasteiger partial charge in [-0.3, -0.25) is 4.79 Å². The average Bonchev–Trinajstić information content (AvgIpc) is 3.12. The Bertz CT molecular complexity index is 876. The maximum Gasteiger partial charge on any atom is 0.232 e. The quantitative estimate of drug-likeness (QED) is 0.661. The van der Waals surface area contributed by atoms with Gasteiger partial charge in [-0.15, -0.1) is 11.8 Å². The summed E-state index contributed by atoms with van der Waals surface area (Å²) in [7, 11) is 0. The molecule has 2 aromatic carbocycles. The molecule has 1 amide bonds. The molecule has 0 aliphatic carbocycles. The van der Waals surface area contributed by atoms with Crippen LogP contribution in [0.15, 0.2) is 53.4 Å². The second-order valence-electron chi connectivity index (χ2n) is 6.56. The zero-order valence-electron chi connectivity index (χ0n) is 14.3. The molecule has 3 aromatic rings. The second kappa shape index (κ2) is 7.72. The van der Waals surface area contributed by atoms with E-state index >= 15 is 0 Å². The maximum absolute atomic E-state index is 12.6. The number of nitrogens with zero attached hydrogens (tertiary/aromatic N) is 2. The molecule has 1 atom stereocenters. The zero-order valence-corrected chi connectivity index (χ0v) is 15.9. The lowest BCUT2D eigenvalue weighted by Crippen LogP contribution is -2.40. The number of imidazole rings is 1. The third kappa shape index (κ3) is 3.89. The lowest BCUT2D eigenvalue weighted by Gasteiger charge is -2.31. The van der Waals surface area contributed by atoms with E-state index in [0.717, 1.165) is 47.7 Å². The van der Waals surface area contributed by atoms with Crippen molar-refractivity contribution in [2.24, 2.45) is 0 Å². The molecular weight excluding hydrogens is 366 g/mol. The Morgan fingerprint density at radius 3 is 2.85 bits per heavy atom. The van der Waals surface area contributed by atoms with Crippen LogP contribution in [-0.4, -0.2) is 39.6 Å². The second-order valence-corrected chi connectivity index (χ2v) is 8.05. The summed E-state index contributed by atoms with van der Waals surface area (Å²) in [5, 5.41) is 0.713. The number of amides is 1. The Kier molecular flexibility index (Phi) is 5.18. The van der Waals surface area contributed by atoms with Crippen LogP contribution in [0.4, 0.5) is 0 Å². The number of benzene rings is 2. The lowest BCUT2D eigenvalue weighted by atomic mass is 9.97. The summed E-state index contributed by atoms with van der Waals surface area (Å²) < 4.78 is 0. The van der Waals surface area contributed by atoms with Gasteiger partial charge in [0.05, 0.1) is 16.8 Å². The highest BCUT2D eigenvalue weighted by Gasteiger charge is 2.26. The van der Waals surface area contributed by atoms with E-state index in [-0.39, 0.29) is 11.8 Å². The first kappa shape index (κ1) is 17.4. The van der Waals surface area contributed by atoms with Crippen LogP contribution in [-0.2, 0) is 4.79 Å². The molecule has 134 valence electrons. The summed E-state index contributed by atoms with van der Waals surface area (Å²) >= 11 is 7.46. The van der Waals surface area contributed by atoms with Crippen LogP contribution in [0.2, 0.25) is 5.02 Å². The lowest BCUT2D eigenvalue weighted by molar-refractivity contribution is -0.129. The van der Waals surface area contributed by atoms with Crippen LogP contribution in [0.3, 0.4) is 0 Å². The number of halogens is 1. The van der Waals surface area contributed by atoms with Crippen molar-refractivity contribution in [2.45, 2.75) is 23.7 Å². The SMILES string of the molecule is O=C(CSc1ccc(Cl)cc1)N1CCCC(c2nc3ccccc3[nH]2)C1. The van der Waals surface area contributed by atoms with Crippen LogP contribution in [0.5, 0.6) is 0 Å². The number of hydrogen-bond donors (Lipinski definition) is 1. The number of rotatable bonds is 4. The van der Waals surface area contributed by atoms with E-state index in [2.05, 4.69) is 4.98 Å². The first-order chi connectivity index (χ1) is 12.7. The fraction of sp³-hybridized carbons (Fsp3) is 0.300. The molecule has 4 rings (SSSR count). The van der Waals surface area contributed by atoms with Gasteiger partial charge in [0.15, 0.2) is 0 Å². The Morgan fingerprint density at radius 1 is 1.23 bits per heavy atom. The van der Waals surface area contributed by atoms with Crippen molar-refractivity contribution >= 4 is 40.3 Å². The van der Waals surface area contributed by atoms with E-state index in [1.807, 2.05) is 53.4 Å². The number of likely N-dealkylation sites (tertiary alicyclic amines) is 1. The fourth-order valence-corrected chi connectivity index (χ4v) is 4.29. The number of aromatic amines is 1. The molecule has 1 aromatic heterocycles. The standard InChI is InChI=1S/C20H20ClN3OS/c21-15-7-9-16(10-8-15)26-13-19(25)24-11-3-4-14(12-24)20-22-17-5-1-2-6-18(17)23-20/h1-2,5-10,14H,3-4,11-13H2,(H,22,23). The van der Waals surface area contributed by atoms with Gasteiger partial charge in [0.1, 0.15) is 5.82 Å². The normalized spacial score (nSPS) is 17.6. The van der Waals surface area contributed by atoms with Crippen LogP contribution >= 0.6 is 23.4 Å². The number of fused-ring (bicyclic) bond motifs is 1. The molecule has 6 heteroatoms. The van der Waals surface area contributed by atoms with E-state index in [4.69, 9.17) is 16.6 Å². The largest absolute Gasteiger partial charge is 0.342 e. The van der Waals surface area contributed by atoms with Crippen molar-refractivity contribution in [3.8, 4) is 0 Å². The number of para-hydroxylation sites is 2. The predicted octanol–water partition coefficient (Wildman–Crippen LogP) is 4.71. The van der Waals surface area contributed by atoms with Gasteiger partial charge < -0.3 is 9.88 Å². The van der Waals surface area contributed by atoms with E-state index in [1.165, 1.54) is 0 Å². The summed E-state index contributed by atoms with van der Waals surface area (Å²) in [6.45, 7) is 1.57. The molecule has 26 heavy (non-hydrogen) atoms. The van der Waals surface area contributed by atoms with E-state index in [0.29, 0.717) is 10.8 Å². The molecule has 4 nitrogen and oxygen atoms in total. The highest BCUT2D eigenvalue weighted by atomic mass is 35.5. The number of H-pyrrole nitrogens is 1. The molecule has 0 radical (unpaired) electrons. The third-order valence-corrected chi connectivity index (χ3v) is 5.99. The molecule has 0 spiro atoms. The molecule has 1 aliphatic heterocycles. The predicted molar refractivity (Wildman–Crippen MR) is 107 cm³/mol. The van der Waals surface area contributed by atoms with Gasteiger partial charge >= 0.3 is 0 Å². The monoisotopic (exact) mass is 385 g/mol. The number of piperidine rings is 1. The zero-order chi connectivity index (χ0) is 17.9. The van der Waals surface area contributed by atoms with Gasteiger partial charge in [-0.2, -0.15) is 0 Å². The Hall–Kier alpha value is -1.98. The van der Waals surface area contributed by atoms with Crippen molar-refractivity contribution in [1.29, 1.82) is 0 Å². The van der Waals surface area contributed by atoms with Crippen molar-refractivity contribution < 1.29 is 4.79 Å². The number of nitrogens with one attached hydrogen (secondary N) is 1. The number of carbonyl (C=O) groups excluding carboxylic acids is 1. The Labute approximate surface area is 161 Å². The van der Waals surface area contributed by atoms with Crippen molar-refractivity contribution in [2.75, 3.05) is 18.8 Å². The summed E-state index contributed by atoms with van der Waals surface area (Å²) in [6.07, 6.45) is 2.08. The summed E-state index contributed by atoms with van der Waals surface area (Å²) in [5.41, 5.74) is 2.05. The summed E-state index contributed by atoms with van der Waals surface area (Å²) in [6, 6.07) is 15.7. The maximum atomic E-state index is 12.6. The minimum absolute atomic E-state index is 0.186. The van der Waals surface area contributed by atoms with Gasteiger partial charge in [-0.25, -0.2) is 4.98 Å². The van der Waals surface area contributed by atoms with Crippen LogP contribution in [0.1, 0.15) is 24.6 Å². The van der Waals surface area contributed by atoms with Crippen LogP contribution < -0.4 is 0 Å². The van der Waals surface area contributed by atoms with Gasteiger partial charge in [0, 0.05) is 28.9 Å². The topological polar surface area (TPSA) is 49.0 Å². The smallest absolute Gasteiger partial charge is 0.232 e. The molecule has 0 bridgehead atoms. The molecule has 1 N–H and O–H groups in total. The van der Waals surface area contributed by atoms with Crippen molar-refractivity contribution in [3.05, 3.63) is 59.4 Å². The van der Waals surface area contributed by atoms with E-state index in [1.54, 1.807) is 11.8 Å². The highest BCUT2D eigenvalue weighted by molar-refractivity contribution is 8.00. The van der Waals surface area contributed by atoms with Gasteiger partial charge in [0.2, 0.25) is 5.91 Å². The molecular formula is C20H20ClN3OS. The fourth-order valence-electron chi connectivity index (χ4n) is 3.36. The first-order valence-electron chi connectivity index (χ1n) is 8.80. The van der Waals surface area contributed by atoms with Gasteiger partial charge in [-0.05, 0) is 49.2 Å². The minimum atomic E-state index is 0.186. The van der Waals surface area contributed by atoms with Gasteiger partial charge in [0.25, 0.3) is 0 Å². The van der Waals surface area contributed by atoms with Crippen molar-refractivity contribution in [1.82, 2.24) is 14.9 Å². The molecule has 2 heterocycles. The summed E-state index contributed by atoms with van der Waals surface area (Å²) in [4.78, 5) is 23.8. The number of carbonyl (C=O) groups is 1. The van der Waals surface area contributed by atoms with E-state index < -0.39 is 0 Å². The Morgan fingerprint density at radius 2 is 2.04 bits per heavy atom. The number of hydrogen-bond acceptors (Lipinski definition) is 3.